The summed E-state index contributed by atoms with van der Waals surface area (Å²) < 4.78 is 29.6. The maximum absolute atomic E-state index is 11.4. The lowest BCUT2D eigenvalue weighted by molar-refractivity contribution is -0.796. The van der Waals surface area contributed by atoms with Crippen molar-refractivity contribution in [2.75, 3.05) is 11.5 Å². The van der Waals surface area contributed by atoms with Crippen LogP contribution < -0.4 is 0 Å². The van der Waals surface area contributed by atoms with Gasteiger partial charge in [0, 0.05) is 22.4 Å². The van der Waals surface area contributed by atoms with Crippen molar-refractivity contribution in [2.45, 2.75) is 12.2 Å². The van der Waals surface area contributed by atoms with Crippen molar-refractivity contribution in [1.82, 2.24) is 0 Å². The molecule has 130 valence electrons. The first kappa shape index (κ1) is 21.0. The molecule has 0 heterocycles. The highest BCUT2D eigenvalue weighted by atomic mass is 32.8. The van der Waals surface area contributed by atoms with Gasteiger partial charge in [0.25, 0.3) is 10.2 Å². The van der Waals surface area contributed by atoms with Crippen molar-refractivity contribution in [2.24, 2.45) is 0 Å². The summed E-state index contributed by atoms with van der Waals surface area (Å²) in [6.07, 6.45) is -4.15. The minimum Gasteiger partial charge on any atom is -0.307 e. The van der Waals surface area contributed by atoms with Crippen LogP contribution in [0.5, 0.6) is 0 Å². The van der Waals surface area contributed by atoms with Gasteiger partial charge >= 0.3 is 0 Å². The van der Waals surface area contributed by atoms with Crippen molar-refractivity contribution in [3.8, 4) is 0 Å². The van der Waals surface area contributed by atoms with Crippen LogP contribution in [0.2, 0.25) is 0 Å². The molecule has 0 aliphatic heterocycles. The van der Waals surface area contributed by atoms with Crippen LogP contribution in [0.4, 0.5) is 0 Å². The van der Waals surface area contributed by atoms with Crippen LogP contribution in [-0.2, 0) is 58.3 Å². The summed E-state index contributed by atoms with van der Waals surface area (Å²) in [6, 6.07) is 0. The summed E-state index contributed by atoms with van der Waals surface area (Å²) >= 11 is 8.45. The molecule has 0 aromatic carbocycles. The van der Waals surface area contributed by atoms with Crippen LogP contribution in [0.15, 0.2) is 0 Å². The standard InChI is InChI=1S/C4H8N2O12S4/c7-5(8)15-3(1-21(13,19)17-11)4(16-6(9)10)2-22(14,20)18-12/h3-4,11-12H,1-2H2. The van der Waals surface area contributed by atoms with Gasteiger partial charge in [-0.2, -0.15) is 0 Å². The number of hydrogen-bond acceptors (Lipinski definition) is 14. The first-order valence-corrected chi connectivity index (χ1v) is 9.81. The fourth-order valence-electron chi connectivity index (χ4n) is 1.10. The predicted molar refractivity (Wildman–Crippen MR) is 71.9 cm³/mol. The molecule has 22 heavy (non-hydrogen) atoms. The minimum absolute atomic E-state index is 1.13. The maximum Gasteiger partial charge on any atom is 0.294 e. The average Bonchev–Trinajstić information content (AvgIpc) is 2.35. The van der Waals surface area contributed by atoms with Crippen LogP contribution >= 0.6 is 0 Å². The van der Waals surface area contributed by atoms with E-state index in [1.807, 2.05) is 0 Å². The lowest BCUT2D eigenvalue weighted by Gasteiger charge is -2.23. The van der Waals surface area contributed by atoms with Gasteiger partial charge < -0.3 is 9.68 Å². The largest absolute Gasteiger partial charge is 0.307 e. The highest BCUT2D eigenvalue weighted by Crippen LogP contribution is 2.13. The Bertz CT molecular complexity index is 545. The third-order valence-electron chi connectivity index (χ3n) is 1.82. The second-order valence-corrected chi connectivity index (χ2v) is 9.58. The predicted octanol–water partition coefficient (Wildman–Crippen LogP) is -1.56. The highest BCUT2D eigenvalue weighted by Gasteiger charge is 2.35. The molecular weight excluding hydrogens is 396 g/mol. The molecule has 2 N–H and O–H groups in total. The fourth-order valence-corrected chi connectivity index (χ4v) is 3.38. The molecule has 14 nitrogen and oxygen atoms in total. The van der Waals surface area contributed by atoms with Crippen LogP contribution in [0, 0.1) is 20.2 Å². The van der Waals surface area contributed by atoms with Gasteiger partial charge in [0.05, 0.1) is 11.5 Å². The lowest BCUT2D eigenvalue weighted by atomic mass is 10.2. The Morgan fingerprint density at radius 1 is 0.909 bits per heavy atom. The Hall–Kier alpha value is -1.02. The first-order chi connectivity index (χ1) is 9.92. The highest BCUT2D eigenvalue weighted by molar-refractivity contribution is 8.30. The van der Waals surface area contributed by atoms with Gasteiger partial charge in [-0.25, -0.2) is 18.9 Å². The van der Waals surface area contributed by atoms with Gasteiger partial charge in [0.2, 0.25) is 0 Å². The van der Waals surface area contributed by atoms with E-state index >= 15 is 0 Å². The van der Waals surface area contributed by atoms with E-state index in [1.165, 1.54) is 0 Å². The van der Waals surface area contributed by atoms with Crippen molar-refractivity contribution in [3.05, 3.63) is 20.2 Å². The average molecular weight is 404 g/mol. The molecule has 0 saturated carbocycles. The normalized spacial score (nSPS) is 19.2. The molecule has 4 unspecified atom stereocenters. The van der Waals surface area contributed by atoms with Crippen LogP contribution in [0.1, 0.15) is 0 Å². The smallest absolute Gasteiger partial charge is 0.294 e. The Morgan fingerprint density at radius 2 is 1.18 bits per heavy atom. The summed E-state index contributed by atoms with van der Waals surface area (Å²) in [6.45, 7) is 0. The van der Waals surface area contributed by atoms with Gasteiger partial charge in [0.1, 0.15) is 12.2 Å². The van der Waals surface area contributed by atoms with E-state index in [2.05, 4.69) is 40.7 Å². The molecule has 0 aromatic rings. The molecule has 0 aliphatic carbocycles. The second kappa shape index (κ2) is 8.57. The summed E-state index contributed by atoms with van der Waals surface area (Å²) in [4.78, 5) is 28.7. The first-order valence-electron chi connectivity index (χ1n) is 4.66. The van der Waals surface area contributed by atoms with E-state index < -0.39 is 51.4 Å². The van der Waals surface area contributed by atoms with Crippen molar-refractivity contribution in [1.29, 1.82) is 0 Å². The molecule has 0 aliphatic rings. The number of nitrogens with zero attached hydrogens (tertiary/aromatic N) is 2. The molecule has 0 aromatic heterocycles. The molecule has 0 spiro atoms. The summed E-state index contributed by atoms with van der Waals surface area (Å²) in [7, 11) is -7.96. The quantitative estimate of drug-likeness (QED) is 0.227. The zero-order valence-corrected chi connectivity index (χ0v) is 13.3. The molecule has 0 saturated heterocycles. The fraction of sp³-hybridized carbons (Fsp3) is 1.00. The zero-order valence-electron chi connectivity index (χ0n) is 10.1. The molecule has 0 radical (unpaired) electrons. The molecule has 0 bridgehead atoms. The molecular formula is C4H8N2O12S4. The lowest BCUT2D eigenvalue weighted by Crippen LogP contribution is -2.44. The van der Waals surface area contributed by atoms with Gasteiger partial charge in [-0.1, -0.05) is 0 Å². The van der Waals surface area contributed by atoms with Crippen LogP contribution in [0.25, 0.3) is 0 Å². The van der Waals surface area contributed by atoms with Gasteiger partial charge in [-0.05, 0) is 0 Å². The Labute approximate surface area is 131 Å². The third kappa shape index (κ3) is 8.43. The van der Waals surface area contributed by atoms with Crippen molar-refractivity contribution >= 4 is 39.9 Å². The van der Waals surface area contributed by atoms with Crippen molar-refractivity contribution in [3.63, 3.8) is 0 Å². The van der Waals surface area contributed by atoms with E-state index in [9.17, 15) is 28.6 Å². The Morgan fingerprint density at radius 3 is 1.36 bits per heavy atom. The maximum atomic E-state index is 11.4. The Kier molecular flexibility index (Phi) is 8.17. The minimum atomic E-state index is -3.98. The number of hydrogen-bond donors (Lipinski definition) is 2. The molecule has 18 heteroatoms. The zero-order chi connectivity index (χ0) is 17.6. The molecule has 0 rings (SSSR count). The second-order valence-electron chi connectivity index (χ2n) is 3.33. The molecule has 0 amide bonds. The molecule has 4 atom stereocenters. The summed E-state index contributed by atoms with van der Waals surface area (Å²) in [5, 5.41) is 34.4. The van der Waals surface area contributed by atoms with E-state index in [1.54, 1.807) is 0 Å². The van der Waals surface area contributed by atoms with Gasteiger partial charge in [-0.15, -0.1) is 28.9 Å². The topological polar surface area (TPSA) is 198 Å². The monoisotopic (exact) mass is 404 g/mol. The van der Waals surface area contributed by atoms with E-state index in [4.69, 9.17) is 10.5 Å². The van der Waals surface area contributed by atoms with E-state index in [0.717, 1.165) is 0 Å². The van der Waals surface area contributed by atoms with Crippen LogP contribution in [-0.4, -0.2) is 52.8 Å². The van der Waals surface area contributed by atoms with Crippen molar-refractivity contribution < 1.29 is 47.4 Å². The number of rotatable bonds is 11. The molecule has 0 fully saturated rings. The third-order valence-corrected chi connectivity index (χ3v) is 4.93. The summed E-state index contributed by atoms with van der Waals surface area (Å²) in [5.74, 6) is -2.26. The van der Waals surface area contributed by atoms with E-state index in [0.29, 0.717) is 0 Å². The van der Waals surface area contributed by atoms with Gasteiger partial charge in [-0.3, -0.25) is 0 Å². The van der Waals surface area contributed by atoms with E-state index in [-0.39, 0.29) is 0 Å². The van der Waals surface area contributed by atoms with Gasteiger partial charge in [0.15, 0.2) is 17.5 Å². The SMILES string of the molecule is O=[N+]([O-])OC(CS(=O)(=S)OO)C(CS(=O)(=S)OO)O[N+](=O)[O-]. The Balaban J connectivity index is 5.52. The summed E-state index contributed by atoms with van der Waals surface area (Å²) in [5.41, 5.74) is 0. The van der Waals surface area contributed by atoms with Crippen LogP contribution in [0.3, 0.4) is 0 Å².